The van der Waals surface area contributed by atoms with E-state index in [9.17, 15) is 9.59 Å². The second-order valence-electron chi connectivity index (χ2n) is 3.87. The molecule has 13 heavy (non-hydrogen) atoms. The number of carboxylic acid groups (broad SMARTS) is 1. The maximum Gasteiger partial charge on any atom is 0.310 e. The lowest BCUT2D eigenvalue weighted by atomic mass is 10.1. The Morgan fingerprint density at radius 2 is 1.92 bits per heavy atom. The van der Waals surface area contributed by atoms with Crippen LogP contribution in [0.3, 0.4) is 0 Å². The molecule has 1 fully saturated rings. The van der Waals surface area contributed by atoms with Crippen molar-refractivity contribution in [2.75, 3.05) is 6.61 Å². The quantitative estimate of drug-likeness (QED) is 0.665. The Balaban J connectivity index is 2.65. The molecule has 0 aromatic carbocycles. The van der Waals surface area contributed by atoms with Gasteiger partial charge in [-0.15, -0.1) is 0 Å². The number of aliphatic carboxylic acids is 1. The van der Waals surface area contributed by atoms with Crippen LogP contribution >= 0.6 is 0 Å². The van der Waals surface area contributed by atoms with Crippen molar-refractivity contribution in [2.45, 2.75) is 20.8 Å². The summed E-state index contributed by atoms with van der Waals surface area (Å²) >= 11 is 0. The Bertz CT molecular complexity index is 244. The largest absolute Gasteiger partial charge is 0.481 e. The number of rotatable bonds is 3. The van der Waals surface area contributed by atoms with Crippen molar-refractivity contribution < 1.29 is 19.4 Å². The molecule has 1 rings (SSSR count). The standard InChI is InChI=1S/C9H14O4/c1-4-13-8(12)6-5(7(10)11)9(6,2)3/h5-6H,4H2,1-3H3,(H,10,11)/t5-,6+/m0/s1. The highest BCUT2D eigenvalue weighted by Crippen LogP contribution is 2.58. The van der Waals surface area contributed by atoms with Gasteiger partial charge in [0.1, 0.15) is 0 Å². The Kier molecular flexibility index (Phi) is 2.32. The first-order chi connectivity index (χ1) is 5.92. The molecule has 0 unspecified atom stereocenters. The molecule has 0 bridgehead atoms. The third kappa shape index (κ3) is 1.53. The van der Waals surface area contributed by atoms with E-state index >= 15 is 0 Å². The lowest BCUT2D eigenvalue weighted by molar-refractivity contribution is -0.148. The molecule has 1 saturated carbocycles. The van der Waals surface area contributed by atoms with Gasteiger partial charge in [0, 0.05) is 0 Å². The summed E-state index contributed by atoms with van der Waals surface area (Å²) in [5.41, 5.74) is -0.446. The van der Waals surface area contributed by atoms with Gasteiger partial charge in [-0.25, -0.2) is 0 Å². The Morgan fingerprint density at radius 1 is 1.38 bits per heavy atom. The molecule has 1 aliphatic carbocycles. The fourth-order valence-electron chi connectivity index (χ4n) is 1.77. The normalized spacial score (nSPS) is 29.5. The summed E-state index contributed by atoms with van der Waals surface area (Å²) in [6.07, 6.45) is 0. The molecule has 0 amide bonds. The fraction of sp³-hybridized carbons (Fsp3) is 0.778. The van der Waals surface area contributed by atoms with Crippen molar-refractivity contribution in [3.05, 3.63) is 0 Å². The van der Waals surface area contributed by atoms with Gasteiger partial charge in [0.05, 0.1) is 18.4 Å². The molecule has 0 spiro atoms. The van der Waals surface area contributed by atoms with Gasteiger partial charge in [-0.3, -0.25) is 9.59 Å². The molecular weight excluding hydrogens is 172 g/mol. The van der Waals surface area contributed by atoms with E-state index in [-0.39, 0.29) is 5.97 Å². The van der Waals surface area contributed by atoms with Crippen LogP contribution in [0.5, 0.6) is 0 Å². The summed E-state index contributed by atoms with van der Waals surface area (Å²) in [5.74, 6) is -2.35. The smallest absolute Gasteiger partial charge is 0.310 e. The molecular formula is C9H14O4. The zero-order valence-corrected chi connectivity index (χ0v) is 8.03. The van der Waals surface area contributed by atoms with Crippen LogP contribution < -0.4 is 0 Å². The van der Waals surface area contributed by atoms with E-state index in [4.69, 9.17) is 9.84 Å². The summed E-state index contributed by atoms with van der Waals surface area (Å²) in [7, 11) is 0. The highest BCUT2D eigenvalue weighted by Gasteiger charge is 2.66. The summed E-state index contributed by atoms with van der Waals surface area (Å²) in [5, 5.41) is 8.77. The van der Waals surface area contributed by atoms with Crippen LogP contribution in [-0.2, 0) is 14.3 Å². The summed E-state index contributed by atoms with van der Waals surface area (Å²) in [4.78, 5) is 21.9. The van der Waals surface area contributed by atoms with E-state index in [0.717, 1.165) is 0 Å². The van der Waals surface area contributed by atoms with Crippen LogP contribution in [0.2, 0.25) is 0 Å². The second-order valence-corrected chi connectivity index (χ2v) is 3.87. The van der Waals surface area contributed by atoms with E-state index in [2.05, 4.69) is 0 Å². The molecule has 1 aliphatic rings. The van der Waals surface area contributed by atoms with Crippen LogP contribution in [0.15, 0.2) is 0 Å². The average molecular weight is 186 g/mol. The van der Waals surface area contributed by atoms with E-state index in [1.54, 1.807) is 20.8 Å². The predicted molar refractivity (Wildman–Crippen MR) is 45.0 cm³/mol. The fourth-order valence-corrected chi connectivity index (χ4v) is 1.77. The van der Waals surface area contributed by atoms with Crippen LogP contribution in [0, 0.1) is 17.3 Å². The lowest BCUT2D eigenvalue weighted by Gasteiger charge is -2.01. The Hall–Kier alpha value is -1.06. The lowest BCUT2D eigenvalue weighted by Crippen LogP contribution is -2.11. The molecule has 0 aromatic heterocycles. The number of hydrogen-bond acceptors (Lipinski definition) is 3. The third-order valence-electron chi connectivity index (χ3n) is 2.63. The van der Waals surface area contributed by atoms with E-state index < -0.39 is 23.2 Å². The monoisotopic (exact) mass is 186 g/mol. The van der Waals surface area contributed by atoms with Crippen molar-refractivity contribution in [3.63, 3.8) is 0 Å². The van der Waals surface area contributed by atoms with Gasteiger partial charge in [-0.1, -0.05) is 13.8 Å². The average Bonchev–Trinajstić information content (AvgIpc) is 2.54. The van der Waals surface area contributed by atoms with Crippen molar-refractivity contribution >= 4 is 11.9 Å². The maximum absolute atomic E-state index is 11.3. The molecule has 0 aliphatic heterocycles. The summed E-state index contributed by atoms with van der Waals surface area (Å²) < 4.78 is 4.78. The van der Waals surface area contributed by atoms with Gasteiger partial charge in [0.2, 0.25) is 0 Å². The first-order valence-electron chi connectivity index (χ1n) is 4.32. The number of carbonyl (C=O) groups excluding carboxylic acids is 1. The molecule has 0 heterocycles. The molecule has 1 N–H and O–H groups in total. The molecule has 0 aromatic rings. The number of ether oxygens (including phenoxy) is 1. The van der Waals surface area contributed by atoms with Crippen LogP contribution in [0.25, 0.3) is 0 Å². The number of carbonyl (C=O) groups is 2. The molecule has 4 nitrogen and oxygen atoms in total. The van der Waals surface area contributed by atoms with Gasteiger partial charge in [-0.2, -0.15) is 0 Å². The predicted octanol–water partition coefficient (Wildman–Crippen LogP) is 0.906. The van der Waals surface area contributed by atoms with E-state index in [1.165, 1.54) is 0 Å². The second kappa shape index (κ2) is 3.01. The van der Waals surface area contributed by atoms with Crippen molar-refractivity contribution in [3.8, 4) is 0 Å². The minimum atomic E-state index is -0.914. The van der Waals surface area contributed by atoms with E-state index in [0.29, 0.717) is 6.61 Å². The maximum atomic E-state index is 11.3. The Morgan fingerprint density at radius 3 is 2.23 bits per heavy atom. The van der Waals surface area contributed by atoms with Gasteiger partial charge >= 0.3 is 11.9 Å². The third-order valence-corrected chi connectivity index (χ3v) is 2.63. The first-order valence-corrected chi connectivity index (χ1v) is 4.32. The molecule has 0 saturated heterocycles. The topological polar surface area (TPSA) is 63.6 Å². The zero-order valence-electron chi connectivity index (χ0n) is 8.03. The number of esters is 1. The van der Waals surface area contributed by atoms with Gasteiger partial charge in [0.25, 0.3) is 0 Å². The van der Waals surface area contributed by atoms with Crippen molar-refractivity contribution in [1.82, 2.24) is 0 Å². The number of carboxylic acids is 1. The van der Waals surface area contributed by atoms with Crippen molar-refractivity contribution in [2.24, 2.45) is 17.3 Å². The molecule has 0 radical (unpaired) electrons. The van der Waals surface area contributed by atoms with Crippen LogP contribution in [-0.4, -0.2) is 23.7 Å². The van der Waals surface area contributed by atoms with Gasteiger partial charge in [-0.05, 0) is 12.3 Å². The molecule has 74 valence electrons. The minimum Gasteiger partial charge on any atom is -0.481 e. The van der Waals surface area contributed by atoms with Crippen molar-refractivity contribution in [1.29, 1.82) is 0 Å². The zero-order chi connectivity index (χ0) is 10.2. The number of hydrogen-bond donors (Lipinski definition) is 1. The van der Waals surface area contributed by atoms with Crippen LogP contribution in [0.4, 0.5) is 0 Å². The van der Waals surface area contributed by atoms with E-state index in [1.807, 2.05) is 0 Å². The minimum absolute atomic E-state index is 0.303. The highest BCUT2D eigenvalue weighted by molar-refractivity contribution is 5.88. The summed E-state index contributed by atoms with van der Waals surface area (Å²) in [6, 6.07) is 0. The molecule has 4 heteroatoms. The Labute approximate surface area is 76.9 Å². The molecule has 2 atom stereocenters. The first kappa shape index (κ1) is 10.0. The highest BCUT2D eigenvalue weighted by atomic mass is 16.5. The van der Waals surface area contributed by atoms with Gasteiger partial charge < -0.3 is 9.84 Å². The van der Waals surface area contributed by atoms with Crippen LogP contribution in [0.1, 0.15) is 20.8 Å². The summed E-state index contributed by atoms with van der Waals surface area (Å²) in [6.45, 7) is 5.56. The van der Waals surface area contributed by atoms with Gasteiger partial charge in [0.15, 0.2) is 0 Å². The SMILES string of the molecule is CCOC(=O)[C@H]1[C@@H](C(=O)O)C1(C)C.